The first-order valence-corrected chi connectivity index (χ1v) is 33.3. The first-order valence-electron chi connectivity index (χ1n) is 27.8. The van der Waals surface area contributed by atoms with Gasteiger partial charge < -0.3 is 80.8 Å². The number of aromatic nitrogens is 5. The van der Waals surface area contributed by atoms with Gasteiger partial charge in [-0.05, 0) is 123 Å². The minimum absolute atomic E-state index is 0. The number of aliphatic imine (C=N–C) groups is 4. The van der Waals surface area contributed by atoms with Crippen LogP contribution in [-0.2, 0) is 67.8 Å². The molecule has 0 spiro atoms. The molecule has 0 saturated carbocycles. The number of aromatic amines is 2. The Hall–Kier alpha value is -6.64. The fraction of sp³-hybridized carbons (Fsp3) is 0.418. The number of aliphatic hydroxyl groups is 3. The maximum absolute atomic E-state index is 13.4. The number of nitrogens with one attached hydrogen (secondary N) is 3. The van der Waals surface area contributed by atoms with E-state index in [4.69, 9.17) is 34.5 Å². The largest absolute Gasteiger partial charge is 4.00 e. The topological polar surface area (TPSA) is 508 Å². The second kappa shape index (κ2) is 29.3. The van der Waals surface area contributed by atoms with E-state index in [1.807, 2.05) is 13.8 Å². The van der Waals surface area contributed by atoms with Crippen LogP contribution < -0.4 is 41.6 Å². The van der Waals surface area contributed by atoms with E-state index in [9.17, 15) is 78.3 Å². The van der Waals surface area contributed by atoms with Crippen molar-refractivity contribution in [3.63, 3.8) is 0 Å². The van der Waals surface area contributed by atoms with Crippen LogP contribution >= 0.6 is 35.2 Å². The van der Waals surface area contributed by atoms with E-state index in [1.165, 1.54) is 27.1 Å². The van der Waals surface area contributed by atoms with E-state index in [0.717, 1.165) is 22.7 Å². The Labute approximate surface area is 539 Å². The Bertz CT molecular complexity index is 4140. The molecule has 5 aliphatic rings. The smallest absolute Gasteiger partial charge is 0.875 e. The van der Waals surface area contributed by atoms with Crippen LogP contribution in [0.2, 0.25) is 0 Å². The first-order chi connectivity index (χ1) is 42.5. The standard InChI is InChI=1S/C55H68N11O21P3S.Fe/c1-25-31(9-11-43(70)71)37-20-38-32(26(2)34(63-38)18-39-46(30(6)68)28(4)36(65-39)19-40-45(29(5)67)27(3)35(64-40)17-33(25)62-37)10-12-44(72)91-16-15-57-42(69)13-14-58-53(75)50(74)55(7,8)22-84-90(81,82)87-89(79,80)83-21-41-49(86-88(76,77)78)48(73)54(85-41)66-24-61-47-51(56)59-23-60-52(47)66;/h17-20,23-24,41,48-50,54,73-74H,5,9-16,21-22H2,1-4,6-8H3,(H12,56,57,58,59,60,62,63,64,65,67,68,69,70,71,75,76,77,78,79,80,81,82);/q;+4/p-2. The maximum atomic E-state index is 13.4. The van der Waals surface area contributed by atoms with Gasteiger partial charge in [0.05, 0.1) is 52.8 Å². The Balaban J connectivity index is 0.0000120. The summed E-state index contributed by atoms with van der Waals surface area (Å²) in [7, 11) is -16.6. The van der Waals surface area contributed by atoms with Crippen molar-refractivity contribution < 1.29 is 123 Å². The van der Waals surface area contributed by atoms with E-state index >= 15 is 0 Å². The number of carboxylic acids is 1. The molecular formula is C55H66FeN11O21P3S+2. The van der Waals surface area contributed by atoms with Gasteiger partial charge in [0.15, 0.2) is 23.6 Å². The van der Waals surface area contributed by atoms with Crippen LogP contribution in [-0.4, -0.2) is 151 Å². The molecule has 12 N–H and O–H groups in total. The SMILES string of the molecule is C=C(O)c1c(C)c2[nH]c1=CC1=C(C)/C(=C(\C)[O-])C(=N1)C=C1N=C(C=C3N=C(C=2)C(C)=C3CCC(=O)[O-])C(CCC(=O)SCCN=C([O-])CCNC(=O)C(O)C(C)(C)COP(=O)(O)OP(=O)(O)OCC2OC([n+]3c[nH]c4c(N)ncnc43)C(O)C2OP(=O)(O)O)=C1C.[Fe+4]. The number of carbonyl (C=O) groups excluding carboxylic acids is 3. The minimum atomic E-state index is -5.65. The Kier molecular flexibility index (Phi) is 23.2. The van der Waals surface area contributed by atoms with Gasteiger partial charge >= 0.3 is 46.2 Å². The van der Waals surface area contributed by atoms with Crippen LogP contribution in [0.25, 0.3) is 29.1 Å². The van der Waals surface area contributed by atoms with E-state index in [1.54, 1.807) is 38.2 Å². The molecule has 8 heterocycles. The van der Waals surface area contributed by atoms with Crippen LogP contribution in [0.15, 0.2) is 108 Å². The van der Waals surface area contributed by atoms with Gasteiger partial charge in [0, 0.05) is 47.6 Å². The number of aliphatic carboxylic acids is 1. The summed E-state index contributed by atoms with van der Waals surface area (Å²) in [4.78, 5) is 111. The molecule has 3 aromatic heterocycles. The molecule has 92 heavy (non-hydrogen) atoms. The van der Waals surface area contributed by atoms with Gasteiger partial charge in [-0.3, -0.25) is 28.1 Å². The van der Waals surface area contributed by atoms with Crippen molar-refractivity contribution in [2.45, 2.75) is 111 Å². The molecule has 0 aromatic carbocycles. The second-order valence-corrected chi connectivity index (χ2v) is 27.4. The number of nitrogen functional groups attached to an aromatic ring is 1. The normalized spacial score (nSPS) is 21.5. The molecule has 0 aliphatic carbocycles. The molecule has 32 nitrogen and oxygen atoms in total. The number of carbonyl (C=O) groups is 3. The number of fused-ring (bicyclic) bond motifs is 6. The molecule has 0 radical (unpaired) electrons. The predicted octanol–water partition coefficient (Wildman–Crippen LogP) is 0.147. The van der Waals surface area contributed by atoms with E-state index in [-0.39, 0.29) is 102 Å². The first kappa shape index (κ1) is 72.8. The number of imidazole rings is 1. The minimum Gasteiger partial charge on any atom is -0.875 e. The van der Waals surface area contributed by atoms with Gasteiger partial charge in [0.1, 0.15) is 30.2 Å². The van der Waals surface area contributed by atoms with Crippen molar-refractivity contribution in [2.75, 3.05) is 37.8 Å². The van der Waals surface area contributed by atoms with Gasteiger partial charge in [0.25, 0.3) is 0 Å². The molecule has 37 heteroatoms. The number of carboxylic acid groups (broad SMARTS) is 1. The number of nitrogens with two attached hydrogens (primary N) is 1. The summed E-state index contributed by atoms with van der Waals surface area (Å²) in [6.45, 7) is 12.3. The number of nitrogens with zero attached hydrogens (tertiary/aromatic N) is 7. The summed E-state index contributed by atoms with van der Waals surface area (Å²) in [5.74, 6) is -3.32. The second-order valence-electron chi connectivity index (χ2n) is 22.0. The molecule has 8 bridgehead atoms. The number of rotatable bonds is 26. The summed E-state index contributed by atoms with van der Waals surface area (Å²) in [5, 5.41) is 73.4. The number of allylic oxidation sites excluding steroid dienone is 10. The third-order valence-electron chi connectivity index (χ3n) is 15.0. The molecule has 1 amide bonds. The van der Waals surface area contributed by atoms with Crippen LogP contribution in [0.5, 0.6) is 0 Å². The monoisotopic (exact) mass is 1400 g/mol. The quantitative estimate of drug-likeness (QED) is 0.00969. The Morgan fingerprint density at radius 1 is 0.902 bits per heavy atom. The van der Waals surface area contributed by atoms with Crippen LogP contribution in [0, 0.1) is 12.3 Å². The molecule has 494 valence electrons. The maximum Gasteiger partial charge on any atom is 4.00 e. The van der Waals surface area contributed by atoms with Crippen LogP contribution in [0.1, 0.15) is 91.0 Å². The molecule has 7 unspecified atom stereocenters. The Morgan fingerprint density at radius 3 is 2.25 bits per heavy atom. The van der Waals surface area contributed by atoms with Gasteiger partial charge in [-0.1, -0.05) is 44.1 Å². The van der Waals surface area contributed by atoms with Gasteiger partial charge in [0.2, 0.25) is 17.7 Å². The van der Waals surface area contributed by atoms with Crippen molar-refractivity contribution >= 4 is 110 Å². The number of phosphoric acid groups is 3. The van der Waals surface area contributed by atoms with Gasteiger partial charge in [-0.2, -0.15) is 9.29 Å². The number of anilines is 1. The summed E-state index contributed by atoms with van der Waals surface area (Å²) in [6, 6.07) is 0. The number of H-pyrrole nitrogens is 2. The predicted molar refractivity (Wildman–Crippen MR) is 323 cm³/mol. The number of thioether (sulfide) groups is 1. The molecule has 8 rings (SSSR count). The summed E-state index contributed by atoms with van der Waals surface area (Å²) >= 11 is 0.930. The fourth-order valence-electron chi connectivity index (χ4n) is 10.3. The summed E-state index contributed by atoms with van der Waals surface area (Å²) in [6.07, 6.45) is -0.252. The van der Waals surface area contributed by atoms with Gasteiger partial charge in [-0.15, -0.1) is 5.76 Å². The fourth-order valence-corrected chi connectivity index (χ4v) is 13.8. The van der Waals surface area contributed by atoms with Crippen molar-refractivity contribution in [3.05, 3.63) is 109 Å². The van der Waals surface area contributed by atoms with E-state index < -0.39 is 90.5 Å². The van der Waals surface area contributed by atoms with Crippen LogP contribution in [0.3, 0.4) is 0 Å². The number of phosphoric ester groups is 3. The molecule has 7 atom stereocenters. The third-order valence-corrected chi connectivity index (χ3v) is 19.0. The van der Waals surface area contributed by atoms with E-state index in [0.29, 0.717) is 89.5 Å². The van der Waals surface area contributed by atoms with Crippen molar-refractivity contribution in [3.8, 4) is 0 Å². The zero-order valence-electron chi connectivity index (χ0n) is 50.3. The molecule has 1 fully saturated rings. The summed E-state index contributed by atoms with van der Waals surface area (Å²) in [5.41, 5.74) is 11.7. The molecule has 3 aromatic rings. The number of ether oxygens (including phenoxy) is 1. The zero-order chi connectivity index (χ0) is 66.8. The van der Waals surface area contributed by atoms with Crippen molar-refractivity contribution in [1.82, 2.24) is 25.3 Å². The number of hydrogen-bond donors (Lipinski definition) is 11. The summed E-state index contributed by atoms with van der Waals surface area (Å²) < 4.78 is 63.1. The average Bonchev–Trinajstić information content (AvgIpc) is 1.63. The van der Waals surface area contributed by atoms with Crippen molar-refractivity contribution in [1.29, 1.82) is 0 Å². The van der Waals surface area contributed by atoms with Crippen molar-refractivity contribution in [2.24, 2.45) is 25.4 Å². The molecular weight excluding hydrogens is 1330 g/mol. The number of hydrogen-bond acceptors (Lipinski definition) is 25. The number of aliphatic hydroxyl groups excluding tert-OH is 3. The average molecular weight is 1400 g/mol. The Morgan fingerprint density at radius 2 is 1.58 bits per heavy atom. The molecule has 5 aliphatic heterocycles. The third kappa shape index (κ3) is 17.2. The number of amides is 1. The zero-order valence-corrected chi connectivity index (χ0v) is 54.9. The van der Waals surface area contributed by atoms with Crippen LogP contribution in [0.4, 0.5) is 5.82 Å². The molecule has 1 saturated heterocycles. The van der Waals surface area contributed by atoms with Gasteiger partial charge in [-0.25, -0.2) is 33.2 Å². The van der Waals surface area contributed by atoms with E-state index in [2.05, 4.69) is 45.7 Å².